The summed E-state index contributed by atoms with van der Waals surface area (Å²) in [6.07, 6.45) is -0.596. The van der Waals surface area contributed by atoms with E-state index in [9.17, 15) is 4.79 Å². The Balaban J connectivity index is 2.83. The highest BCUT2D eigenvalue weighted by Gasteiger charge is 2.18. The maximum absolute atomic E-state index is 11.6. The first-order valence-electron chi connectivity index (χ1n) is 6.72. The molecule has 19 heavy (non-hydrogen) atoms. The molecule has 1 aromatic rings. The van der Waals surface area contributed by atoms with E-state index < -0.39 is 6.10 Å². The van der Waals surface area contributed by atoms with Gasteiger partial charge in [-0.3, -0.25) is 0 Å². The summed E-state index contributed by atoms with van der Waals surface area (Å²) in [5, 5.41) is 3.26. The van der Waals surface area contributed by atoms with Crippen LogP contribution in [0.1, 0.15) is 31.9 Å². The average Bonchev–Trinajstić information content (AvgIpc) is 2.39. The van der Waals surface area contributed by atoms with Gasteiger partial charge < -0.3 is 14.8 Å². The number of aryl methyl sites for hydroxylation is 1. The molecule has 4 heteroatoms. The molecule has 0 bridgehead atoms. The first-order chi connectivity index (χ1) is 9.10. The Labute approximate surface area is 115 Å². The highest BCUT2D eigenvalue weighted by Crippen LogP contribution is 2.24. The largest absolute Gasteiger partial charge is 0.478 e. The van der Waals surface area contributed by atoms with E-state index in [4.69, 9.17) is 9.47 Å². The summed E-state index contributed by atoms with van der Waals surface area (Å²) < 4.78 is 10.7. The second-order valence-electron chi connectivity index (χ2n) is 4.36. The fourth-order valence-electron chi connectivity index (χ4n) is 1.77. The molecule has 0 aliphatic carbocycles. The molecule has 0 aromatic heterocycles. The van der Waals surface area contributed by atoms with Crippen LogP contribution in [0.3, 0.4) is 0 Å². The molecule has 0 saturated heterocycles. The number of carbonyl (C=O) groups is 1. The molecule has 0 saturated carbocycles. The summed E-state index contributed by atoms with van der Waals surface area (Å²) in [7, 11) is 0. The Kier molecular flexibility index (Phi) is 6.36. The predicted molar refractivity (Wildman–Crippen MR) is 75.3 cm³/mol. The van der Waals surface area contributed by atoms with E-state index in [-0.39, 0.29) is 5.97 Å². The zero-order valence-electron chi connectivity index (χ0n) is 12.2. The van der Waals surface area contributed by atoms with Gasteiger partial charge in [0.25, 0.3) is 0 Å². The Bertz CT molecular complexity index is 418. The maximum Gasteiger partial charge on any atom is 0.347 e. The van der Waals surface area contributed by atoms with E-state index in [1.807, 2.05) is 25.1 Å². The van der Waals surface area contributed by atoms with Crippen molar-refractivity contribution in [2.75, 3.05) is 13.2 Å². The standard InChI is InChI=1S/C15H23NO3/c1-5-16-10-13-9-7-8-11(3)14(13)19-12(4)15(17)18-6-2/h7-9,12,16H,5-6,10H2,1-4H3. The molecular formula is C15H23NO3. The molecule has 0 heterocycles. The normalized spacial score (nSPS) is 12.0. The van der Waals surface area contributed by atoms with Gasteiger partial charge in [0.2, 0.25) is 0 Å². The van der Waals surface area contributed by atoms with Crippen molar-refractivity contribution in [1.82, 2.24) is 5.32 Å². The van der Waals surface area contributed by atoms with Crippen LogP contribution in [-0.2, 0) is 16.1 Å². The van der Waals surface area contributed by atoms with Crippen LogP contribution in [-0.4, -0.2) is 25.2 Å². The lowest BCUT2D eigenvalue weighted by Gasteiger charge is -2.18. The average molecular weight is 265 g/mol. The molecule has 1 rings (SSSR count). The van der Waals surface area contributed by atoms with Gasteiger partial charge in [0.05, 0.1) is 6.61 Å². The lowest BCUT2D eigenvalue weighted by atomic mass is 10.1. The number of carbonyl (C=O) groups excluding carboxylic acids is 1. The van der Waals surface area contributed by atoms with Crippen LogP contribution in [0.2, 0.25) is 0 Å². The third-order valence-corrected chi connectivity index (χ3v) is 2.77. The summed E-state index contributed by atoms with van der Waals surface area (Å²) in [5.41, 5.74) is 2.07. The van der Waals surface area contributed by atoms with Crippen molar-refractivity contribution >= 4 is 5.97 Å². The van der Waals surface area contributed by atoms with Gasteiger partial charge in [0.1, 0.15) is 5.75 Å². The van der Waals surface area contributed by atoms with E-state index in [1.165, 1.54) is 0 Å². The summed E-state index contributed by atoms with van der Waals surface area (Å²) in [6.45, 7) is 9.51. The van der Waals surface area contributed by atoms with Gasteiger partial charge >= 0.3 is 5.97 Å². The molecule has 106 valence electrons. The van der Waals surface area contributed by atoms with E-state index in [0.29, 0.717) is 6.61 Å². The number of esters is 1. The fraction of sp³-hybridized carbons (Fsp3) is 0.533. The number of benzene rings is 1. The van der Waals surface area contributed by atoms with Crippen molar-refractivity contribution in [2.45, 2.75) is 40.3 Å². The third-order valence-electron chi connectivity index (χ3n) is 2.77. The first-order valence-corrected chi connectivity index (χ1v) is 6.72. The highest BCUT2D eigenvalue weighted by atomic mass is 16.6. The van der Waals surface area contributed by atoms with Crippen molar-refractivity contribution < 1.29 is 14.3 Å². The van der Waals surface area contributed by atoms with Gasteiger partial charge in [0.15, 0.2) is 6.10 Å². The van der Waals surface area contributed by atoms with Crippen molar-refractivity contribution in [3.05, 3.63) is 29.3 Å². The zero-order valence-corrected chi connectivity index (χ0v) is 12.2. The van der Waals surface area contributed by atoms with Gasteiger partial charge in [-0.25, -0.2) is 4.79 Å². The molecule has 0 spiro atoms. The molecule has 4 nitrogen and oxygen atoms in total. The molecule has 0 aliphatic heterocycles. The van der Waals surface area contributed by atoms with Gasteiger partial charge in [0, 0.05) is 12.1 Å². The molecule has 0 amide bonds. The second-order valence-corrected chi connectivity index (χ2v) is 4.36. The topological polar surface area (TPSA) is 47.6 Å². The van der Waals surface area contributed by atoms with Gasteiger partial charge in [-0.1, -0.05) is 25.1 Å². The number of hydrogen-bond donors (Lipinski definition) is 1. The minimum absolute atomic E-state index is 0.333. The minimum atomic E-state index is -0.596. The van der Waals surface area contributed by atoms with Crippen molar-refractivity contribution in [3.8, 4) is 5.75 Å². The van der Waals surface area contributed by atoms with Gasteiger partial charge in [-0.15, -0.1) is 0 Å². The van der Waals surface area contributed by atoms with E-state index in [2.05, 4.69) is 12.2 Å². The maximum atomic E-state index is 11.6. The number of rotatable bonds is 7. The highest BCUT2D eigenvalue weighted by molar-refractivity contribution is 5.74. The molecule has 1 unspecified atom stereocenters. The molecule has 1 aromatic carbocycles. The number of ether oxygens (including phenoxy) is 2. The van der Waals surface area contributed by atoms with E-state index >= 15 is 0 Å². The van der Waals surface area contributed by atoms with Crippen LogP contribution in [0.15, 0.2) is 18.2 Å². The van der Waals surface area contributed by atoms with E-state index in [0.717, 1.165) is 30.0 Å². The van der Waals surface area contributed by atoms with Crippen molar-refractivity contribution in [3.63, 3.8) is 0 Å². The lowest BCUT2D eigenvalue weighted by molar-refractivity contribution is -0.150. The molecule has 1 atom stereocenters. The Morgan fingerprint density at radius 3 is 2.74 bits per heavy atom. The Hall–Kier alpha value is -1.55. The summed E-state index contributed by atoms with van der Waals surface area (Å²) >= 11 is 0. The smallest absolute Gasteiger partial charge is 0.347 e. The summed E-state index contributed by atoms with van der Waals surface area (Å²) in [5.74, 6) is 0.434. The van der Waals surface area contributed by atoms with Gasteiger partial charge in [-0.05, 0) is 32.9 Å². The third kappa shape index (κ3) is 4.56. The quantitative estimate of drug-likeness (QED) is 0.769. The van der Waals surface area contributed by atoms with Crippen LogP contribution < -0.4 is 10.1 Å². The second kappa shape index (κ2) is 7.79. The summed E-state index contributed by atoms with van der Waals surface area (Å²) in [6, 6.07) is 5.97. The number of hydrogen-bond acceptors (Lipinski definition) is 4. The minimum Gasteiger partial charge on any atom is -0.478 e. The fourth-order valence-corrected chi connectivity index (χ4v) is 1.77. The lowest BCUT2D eigenvalue weighted by Crippen LogP contribution is -2.27. The molecule has 0 fully saturated rings. The van der Waals surface area contributed by atoms with Gasteiger partial charge in [-0.2, -0.15) is 0 Å². The molecular weight excluding hydrogens is 242 g/mol. The van der Waals surface area contributed by atoms with Crippen LogP contribution in [0.4, 0.5) is 0 Å². The monoisotopic (exact) mass is 265 g/mol. The van der Waals surface area contributed by atoms with Crippen LogP contribution >= 0.6 is 0 Å². The zero-order chi connectivity index (χ0) is 14.3. The SMILES string of the molecule is CCNCc1cccc(C)c1OC(C)C(=O)OCC. The number of nitrogens with one attached hydrogen (secondary N) is 1. The van der Waals surface area contributed by atoms with Crippen LogP contribution in [0, 0.1) is 6.92 Å². The van der Waals surface area contributed by atoms with E-state index in [1.54, 1.807) is 13.8 Å². The summed E-state index contributed by atoms with van der Waals surface area (Å²) in [4.78, 5) is 11.6. The van der Waals surface area contributed by atoms with Crippen LogP contribution in [0.25, 0.3) is 0 Å². The van der Waals surface area contributed by atoms with Crippen LogP contribution in [0.5, 0.6) is 5.75 Å². The Morgan fingerprint density at radius 1 is 1.37 bits per heavy atom. The Morgan fingerprint density at radius 2 is 2.11 bits per heavy atom. The molecule has 0 aliphatic rings. The van der Waals surface area contributed by atoms with Crippen molar-refractivity contribution in [2.24, 2.45) is 0 Å². The molecule has 1 N–H and O–H groups in total. The number of para-hydroxylation sites is 1. The van der Waals surface area contributed by atoms with Crippen molar-refractivity contribution in [1.29, 1.82) is 0 Å². The predicted octanol–water partition coefficient (Wildman–Crippen LogP) is 2.43. The first kappa shape index (κ1) is 15.5. The molecule has 0 radical (unpaired) electrons.